The van der Waals surface area contributed by atoms with Crippen molar-refractivity contribution in [2.45, 2.75) is 45.6 Å². The van der Waals surface area contributed by atoms with Gasteiger partial charge >= 0.3 is 11.9 Å². The SMILES string of the molecule is CCCC(C)CC1(C(=O)OCC)OC(=O)C(O)=C1c1ccc(OC)cc1. The van der Waals surface area contributed by atoms with Crippen LogP contribution in [0.4, 0.5) is 0 Å². The highest BCUT2D eigenvalue weighted by Gasteiger charge is 2.56. The molecule has 0 aromatic heterocycles. The molecule has 26 heavy (non-hydrogen) atoms. The van der Waals surface area contributed by atoms with Crippen LogP contribution in [0.3, 0.4) is 0 Å². The van der Waals surface area contributed by atoms with Crippen molar-refractivity contribution < 1.29 is 28.9 Å². The molecule has 6 nitrogen and oxygen atoms in total. The van der Waals surface area contributed by atoms with E-state index in [2.05, 4.69) is 0 Å². The quantitative estimate of drug-likeness (QED) is 0.711. The maximum Gasteiger partial charge on any atom is 0.375 e. The molecular formula is C20H26O6. The van der Waals surface area contributed by atoms with E-state index in [-0.39, 0.29) is 24.5 Å². The summed E-state index contributed by atoms with van der Waals surface area (Å²) in [7, 11) is 1.54. The average Bonchev–Trinajstić information content (AvgIpc) is 2.87. The van der Waals surface area contributed by atoms with Gasteiger partial charge in [-0.15, -0.1) is 0 Å². The second-order valence-corrected chi connectivity index (χ2v) is 6.49. The lowest BCUT2D eigenvalue weighted by atomic mass is 9.80. The van der Waals surface area contributed by atoms with Crippen LogP contribution in [-0.2, 0) is 19.1 Å². The summed E-state index contributed by atoms with van der Waals surface area (Å²) in [5.74, 6) is -1.40. The second-order valence-electron chi connectivity index (χ2n) is 6.49. The first-order chi connectivity index (χ1) is 12.4. The Morgan fingerprint density at radius 3 is 2.46 bits per heavy atom. The highest BCUT2D eigenvalue weighted by molar-refractivity contribution is 6.11. The zero-order valence-corrected chi connectivity index (χ0v) is 15.7. The van der Waals surface area contributed by atoms with Gasteiger partial charge in [-0.2, -0.15) is 0 Å². The maximum atomic E-state index is 12.8. The number of hydrogen-bond acceptors (Lipinski definition) is 6. The summed E-state index contributed by atoms with van der Waals surface area (Å²) < 4.78 is 15.8. The van der Waals surface area contributed by atoms with E-state index >= 15 is 0 Å². The van der Waals surface area contributed by atoms with E-state index in [1.54, 1.807) is 38.3 Å². The maximum absolute atomic E-state index is 12.8. The Bertz CT molecular complexity index is 691. The van der Waals surface area contributed by atoms with Crippen molar-refractivity contribution in [3.8, 4) is 5.75 Å². The van der Waals surface area contributed by atoms with E-state index < -0.39 is 23.3 Å². The third-order valence-corrected chi connectivity index (χ3v) is 4.50. The third kappa shape index (κ3) is 3.69. The molecule has 2 rings (SSSR count). The minimum Gasteiger partial charge on any atom is -0.502 e. The lowest BCUT2D eigenvalue weighted by molar-refractivity contribution is -0.172. The van der Waals surface area contributed by atoms with Crippen molar-refractivity contribution in [3.63, 3.8) is 0 Å². The van der Waals surface area contributed by atoms with Crippen molar-refractivity contribution >= 4 is 17.5 Å². The number of esters is 2. The molecule has 0 bridgehead atoms. The molecule has 0 amide bonds. The minimum atomic E-state index is -1.64. The van der Waals surface area contributed by atoms with Gasteiger partial charge in [-0.1, -0.05) is 38.8 Å². The van der Waals surface area contributed by atoms with Crippen molar-refractivity contribution in [1.82, 2.24) is 0 Å². The molecule has 0 aliphatic carbocycles. The zero-order chi connectivity index (χ0) is 19.3. The molecule has 0 spiro atoms. The number of cyclic esters (lactones) is 1. The molecule has 1 heterocycles. The van der Waals surface area contributed by atoms with E-state index in [9.17, 15) is 14.7 Å². The highest BCUT2D eigenvalue weighted by atomic mass is 16.6. The smallest absolute Gasteiger partial charge is 0.375 e. The van der Waals surface area contributed by atoms with Gasteiger partial charge < -0.3 is 19.3 Å². The highest BCUT2D eigenvalue weighted by Crippen LogP contribution is 2.45. The molecule has 0 saturated heterocycles. The fourth-order valence-electron chi connectivity index (χ4n) is 3.38. The van der Waals surface area contributed by atoms with Crippen LogP contribution in [0.15, 0.2) is 30.0 Å². The van der Waals surface area contributed by atoms with E-state index in [4.69, 9.17) is 14.2 Å². The molecule has 1 N–H and O–H groups in total. The Labute approximate surface area is 153 Å². The number of aliphatic hydroxyl groups is 1. The number of ether oxygens (including phenoxy) is 3. The summed E-state index contributed by atoms with van der Waals surface area (Å²) >= 11 is 0. The van der Waals surface area contributed by atoms with E-state index in [1.807, 2.05) is 13.8 Å². The molecule has 1 aromatic rings. The number of benzene rings is 1. The monoisotopic (exact) mass is 362 g/mol. The van der Waals surface area contributed by atoms with Gasteiger partial charge in [0.2, 0.25) is 11.4 Å². The Morgan fingerprint density at radius 1 is 1.27 bits per heavy atom. The van der Waals surface area contributed by atoms with Crippen LogP contribution in [0.2, 0.25) is 0 Å². The second kappa shape index (κ2) is 8.25. The zero-order valence-electron chi connectivity index (χ0n) is 15.7. The Morgan fingerprint density at radius 2 is 1.92 bits per heavy atom. The van der Waals surface area contributed by atoms with Crippen LogP contribution >= 0.6 is 0 Å². The van der Waals surface area contributed by atoms with E-state index in [0.717, 1.165) is 12.8 Å². The van der Waals surface area contributed by atoms with Gasteiger partial charge in [0.15, 0.2) is 0 Å². The van der Waals surface area contributed by atoms with Gasteiger partial charge in [0.25, 0.3) is 0 Å². The van der Waals surface area contributed by atoms with Crippen LogP contribution in [-0.4, -0.2) is 36.4 Å². The van der Waals surface area contributed by atoms with Gasteiger partial charge in [0.05, 0.1) is 19.3 Å². The van der Waals surface area contributed by atoms with Crippen molar-refractivity contribution in [1.29, 1.82) is 0 Å². The molecule has 6 heteroatoms. The lowest BCUT2D eigenvalue weighted by Gasteiger charge is -2.30. The number of carbonyl (C=O) groups excluding carboxylic acids is 2. The first kappa shape index (κ1) is 19.8. The van der Waals surface area contributed by atoms with E-state index in [1.165, 1.54) is 0 Å². The number of methoxy groups -OCH3 is 1. The van der Waals surface area contributed by atoms with Crippen LogP contribution in [0.1, 0.15) is 45.6 Å². The van der Waals surface area contributed by atoms with Crippen LogP contribution in [0.25, 0.3) is 5.57 Å². The van der Waals surface area contributed by atoms with Gasteiger partial charge in [0.1, 0.15) is 5.75 Å². The fraction of sp³-hybridized carbons (Fsp3) is 0.500. The van der Waals surface area contributed by atoms with Gasteiger partial charge in [-0.25, -0.2) is 9.59 Å². The van der Waals surface area contributed by atoms with Gasteiger partial charge in [-0.3, -0.25) is 0 Å². The largest absolute Gasteiger partial charge is 0.502 e. The molecule has 1 aliphatic rings. The van der Waals surface area contributed by atoms with Crippen molar-refractivity contribution in [2.24, 2.45) is 5.92 Å². The number of carbonyl (C=O) groups is 2. The summed E-state index contributed by atoms with van der Waals surface area (Å²) in [4.78, 5) is 25.0. The number of rotatable bonds is 8. The molecule has 1 aliphatic heterocycles. The van der Waals surface area contributed by atoms with Crippen LogP contribution < -0.4 is 4.74 Å². The van der Waals surface area contributed by atoms with Crippen LogP contribution in [0, 0.1) is 5.92 Å². The predicted molar refractivity (Wildman–Crippen MR) is 96.7 cm³/mol. The lowest BCUT2D eigenvalue weighted by Crippen LogP contribution is -2.43. The van der Waals surface area contributed by atoms with E-state index in [0.29, 0.717) is 11.3 Å². The normalized spacial score (nSPS) is 20.7. The fourth-order valence-corrected chi connectivity index (χ4v) is 3.38. The number of hydrogen-bond donors (Lipinski definition) is 1. The Hall–Kier alpha value is -2.50. The molecule has 2 unspecified atom stereocenters. The number of aliphatic hydroxyl groups excluding tert-OH is 1. The Balaban J connectivity index is 2.55. The van der Waals surface area contributed by atoms with Crippen molar-refractivity contribution in [2.75, 3.05) is 13.7 Å². The standard InChI is InChI=1S/C20H26O6/c1-5-7-13(3)12-20(19(23)25-6-2)16(17(21)18(22)26-20)14-8-10-15(24-4)11-9-14/h8-11,13,21H,5-7,12H2,1-4H3. The molecule has 1 aromatic carbocycles. The first-order valence-corrected chi connectivity index (χ1v) is 8.88. The molecule has 142 valence electrons. The summed E-state index contributed by atoms with van der Waals surface area (Å²) in [5.41, 5.74) is -0.960. The minimum absolute atomic E-state index is 0.0938. The average molecular weight is 362 g/mol. The van der Waals surface area contributed by atoms with Crippen molar-refractivity contribution in [3.05, 3.63) is 35.6 Å². The molecule has 0 saturated carbocycles. The molecule has 0 radical (unpaired) electrons. The Kier molecular flexibility index (Phi) is 6.29. The summed E-state index contributed by atoms with van der Waals surface area (Å²) in [6.07, 6.45) is 2.04. The summed E-state index contributed by atoms with van der Waals surface area (Å²) in [6, 6.07) is 6.77. The van der Waals surface area contributed by atoms with Gasteiger partial charge in [0, 0.05) is 6.42 Å². The molecule has 2 atom stereocenters. The molecule has 0 fully saturated rings. The van der Waals surface area contributed by atoms with Crippen LogP contribution in [0.5, 0.6) is 5.75 Å². The topological polar surface area (TPSA) is 82.1 Å². The first-order valence-electron chi connectivity index (χ1n) is 8.88. The predicted octanol–water partition coefficient (Wildman–Crippen LogP) is 3.65. The summed E-state index contributed by atoms with van der Waals surface area (Å²) in [6.45, 7) is 5.87. The van der Waals surface area contributed by atoms with Gasteiger partial charge in [-0.05, 0) is 30.5 Å². The third-order valence-electron chi connectivity index (χ3n) is 4.50. The summed E-state index contributed by atoms with van der Waals surface area (Å²) in [5, 5.41) is 10.4. The molecular weight excluding hydrogens is 336 g/mol.